The summed E-state index contributed by atoms with van der Waals surface area (Å²) in [7, 11) is 0. The third-order valence-corrected chi connectivity index (χ3v) is 4.61. The second kappa shape index (κ2) is 6.92. The lowest BCUT2D eigenvalue weighted by molar-refractivity contribution is 0.0952. The van der Waals surface area contributed by atoms with Crippen molar-refractivity contribution in [3.8, 4) is 5.75 Å². The average Bonchev–Trinajstić information content (AvgIpc) is 2.70. The molecule has 0 aromatic heterocycles. The van der Waals surface area contributed by atoms with Crippen LogP contribution in [0.1, 0.15) is 22.8 Å². The molecule has 4 rings (SSSR count). The molecular weight excluding hydrogens is 336 g/mol. The minimum absolute atomic E-state index is 0.0655. The van der Waals surface area contributed by atoms with Crippen molar-refractivity contribution < 1.29 is 9.90 Å². The van der Waals surface area contributed by atoms with Gasteiger partial charge in [0, 0.05) is 5.56 Å². The highest BCUT2D eigenvalue weighted by molar-refractivity contribution is 6.10. The first-order valence-corrected chi connectivity index (χ1v) is 8.68. The molecular formula is C23H18N2O2. The molecule has 0 aliphatic carbocycles. The zero-order valence-corrected chi connectivity index (χ0v) is 14.8. The highest BCUT2D eigenvalue weighted by Gasteiger charge is 2.12. The summed E-state index contributed by atoms with van der Waals surface area (Å²) in [6, 6.07) is 24.8. The number of carbonyl (C=O) groups is 1. The summed E-state index contributed by atoms with van der Waals surface area (Å²) in [5.74, 6) is -0.512. The number of nitrogens with one attached hydrogen (secondary N) is 1. The van der Waals surface area contributed by atoms with Gasteiger partial charge in [0.05, 0.1) is 11.3 Å². The molecule has 4 aromatic rings. The van der Waals surface area contributed by atoms with Crippen molar-refractivity contribution in [1.29, 1.82) is 0 Å². The van der Waals surface area contributed by atoms with Gasteiger partial charge < -0.3 is 5.11 Å². The highest BCUT2D eigenvalue weighted by Crippen LogP contribution is 2.25. The molecule has 2 N–H and O–H groups in total. The molecule has 0 aliphatic heterocycles. The van der Waals surface area contributed by atoms with Crippen LogP contribution in [0, 0.1) is 0 Å². The lowest BCUT2D eigenvalue weighted by Crippen LogP contribution is -2.19. The monoisotopic (exact) mass is 354 g/mol. The SMILES string of the molecule is C/C(=N/NC(=O)c1cc2ccccc2cc1O)c1cccc2ccccc12. The second-order valence-electron chi connectivity index (χ2n) is 6.38. The molecule has 27 heavy (non-hydrogen) atoms. The van der Waals surface area contributed by atoms with E-state index in [-0.39, 0.29) is 11.3 Å². The zero-order chi connectivity index (χ0) is 18.8. The maximum Gasteiger partial charge on any atom is 0.275 e. The van der Waals surface area contributed by atoms with Crippen molar-refractivity contribution in [2.75, 3.05) is 0 Å². The Morgan fingerprint density at radius 2 is 1.44 bits per heavy atom. The predicted octanol–water partition coefficient (Wildman–Crippen LogP) is 4.85. The van der Waals surface area contributed by atoms with Crippen LogP contribution in [-0.4, -0.2) is 16.7 Å². The van der Waals surface area contributed by atoms with Crippen molar-refractivity contribution >= 4 is 33.2 Å². The van der Waals surface area contributed by atoms with Gasteiger partial charge in [0.15, 0.2) is 0 Å². The highest BCUT2D eigenvalue weighted by atomic mass is 16.3. The number of fused-ring (bicyclic) bond motifs is 2. The number of hydrogen-bond donors (Lipinski definition) is 2. The van der Waals surface area contributed by atoms with Crippen molar-refractivity contribution in [3.63, 3.8) is 0 Å². The lowest BCUT2D eigenvalue weighted by Gasteiger charge is -2.08. The molecule has 1 amide bonds. The van der Waals surface area contributed by atoms with Crippen molar-refractivity contribution in [2.45, 2.75) is 6.92 Å². The number of hydrogen-bond acceptors (Lipinski definition) is 3. The Bertz CT molecular complexity index is 1190. The van der Waals surface area contributed by atoms with Crippen LogP contribution in [0.2, 0.25) is 0 Å². The van der Waals surface area contributed by atoms with Crippen LogP contribution in [-0.2, 0) is 0 Å². The number of nitrogens with zero attached hydrogens (tertiary/aromatic N) is 1. The molecule has 4 nitrogen and oxygen atoms in total. The first-order chi connectivity index (χ1) is 13.1. The van der Waals surface area contributed by atoms with Crippen LogP contribution in [0.5, 0.6) is 5.75 Å². The van der Waals surface area contributed by atoms with Crippen LogP contribution in [0.4, 0.5) is 0 Å². The van der Waals surface area contributed by atoms with E-state index < -0.39 is 5.91 Å². The quantitative estimate of drug-likeness (QED) is 0.408. The lowest BCUT2D eigenvalue weighted by atomic mass is 10.0. The molecule has 4 heteroatoms. The van der Waals surface area contributed by atoms with E-state index in [2.05, 4.69) is 10.5 Å². The number of benzene rings is 4. The Hall–Kier alpha value is -3.66. The van der Waals surface area contributed by atoms with Gasteiger partial charge in [0.1, 0.15) is 5.75 Å². The zero-order valence-electron chi connectivity index (χ0n) is 14.8. The van der Waals surface area contributed by atoms with Crippen LogP contribution in [0.25, 0.3) is 21.5 Å². The summed E-state index contributed by atoms with van der Waals surface area (Å²) < 4.78 is 0. The molecule has 0 fully saturated rings. The minimum Gasteiger partial charge on any atom is -0.507 e. The van der Waals surface area contributed by atoms with Gasteiger partial charge in [0.2, 0.25) is 0 Å². The smallest absolute Gasteiger partial charge is 0.275 e. The average molecular weight is 354 g/mol. The van der Waals surface area contributed by atoms with Crippen molar-refractivity contribution in [1.82, 2.24) is 5.43 Å². The predicted molar refractivity (Wildman–Crippen MR) is 109 cm³/mol. The molecule has 0 radical (unpaired) electrons. The summed E-state index contributed by atoms with van der Waals surface area (Å²) in [6.45, 7) is 1.85. The number of aromatic hydroxyl groups is 1. The number of rotatable bonds is 3. The van der Waals surface area contributed by atoms with Crippen LogP contribution in [0.3, 0.4) is 0 Å². The van der Waals surface area contributed by atoms with E-state index in [0.29, 0.717) is 5.71 Å². The molecule has 0 saturated heterocycles. The molecule has 0 saturated carbocycles. The molecule has 0 bridgehead atoms. The second-order valence-corrected chi connectivity index (χ2v) is 6.38. The standard InChI is InChI=1S/C23H18N2O2/c1-15(19-12-6-10-16-7-4-5-11-20(16)19)24-25-23(27)21-13-17-8-2-3-9-18(17)14-22(21)26/h2-14,26H,1H3,(H,25,27)/b24-15-. The summed E-state index contributed by atoms with van der Waals surface area (Å²) in [4.78, 5) is 12.5. The molecule has 0 spiro atoms. The van der Waals surface area contributed by atoms with E-state index in [1.165, 1.54) is 0 Å². The molecule has 0 atom stereocenters. The Kier molecular flexibility index (Phi) is 4.30. The Labute approximate surface area is 156 Å². The summed E-state index contributed by atoms with van der Waals surface area (Å²) in [5, 5.41) is 18.4. The van der Waals surface area contributed by atoms with E-state index >= 15 is 0 Å². The Balaban J connectivity index is 1.64. The van der Waals surface area contributed by atoms with Gasteiger partial charge in [-0.1, -0.05) is 66.7 Å². The van der Waals surface area contributed by atoms with Gasteiger partial charge in [-0.15, -0.1) is 0 Å². The maximum absolute atomic E-state index is 12.5. The number of phenols is 1. The largest absolute Gasteiger partial charge is 0.507 e. The topological polar surface area (TPSA) is 61.7 Å². The first kappa shape index (κ1) is 16.8. The Morgan fingerprint density at radius 1 is 0.815 bits per heavy atom. The molecule has 4 aromatic carbocycles. The maximum atomic E-state index is 12.5. The number of hydrazone groups is 1. The fourth-order valence-electron chi connectivity index (χ4n) is 3.21. The third-order valence-electron chi connectivity index (χ3n) is 4.61. The van der Waals surface area contributed by atoms with Gasteiger partial charge in [-0.3, -0.25) is 4.79 Å². The van der Waals surface area contributed by atoms with Gasteiger partial charge in [0.25, 0.3) is 5.91 Å². The Morgan fingerprint density at radius 3 is 2.22 bits per heavy atom. The normalized spacial score (nSPS) is 11.7. The number of amides is 1. The minimum atomic E-state index is -0.446. The fraction of sp³-hybridized carbons (Fsp3) is 0.0435. The van der Waals surface area contributed by atoms with E-state index in [1.807, 2.05) is 73.7 Å². The van der Waals surface area contributed by atoms with E-state index in [0.717, 1.165) is 27.1 Å². The molecule has 132 valence electrons. The van der Waals surface area contributed by atoms with Gasteiger partial charge in [-0.25, -0.2) is 5.43 Å². The van der Waals surface area contributed by atoms with Gasteiger partial charge in [-0.2, -0.15) is 5.10 Å². The van der Waals surface area contributed by atoms with E-state index in [4.69, 9.17) is 0 Å². The summed E-state index contributed by atoms with van der Waals surface area (Å²) in [6.07, 6.45) is 0. The molecule has 0 heterocycles. The molecule has 0 unspecified atom stereocenters. The van der Waals surface area contributed by atoms with Crippen molar-refractivity contribution in [3.05, 3.63) is 90.0 Å². The summed E-state index contributed by atoms with van der Waals surface area (Å²) >= 11 is 0. The van der Waals surface area contributed by atoms with Crippen molar-refractivity contribution in [2.24, 2.45) is 5.10 Å². The number of phenolic OH excluding ortho intramolecular Hbond substituents is 1. The third kappa shape index (κ3) is 3.25. The van der Waals surface area contributed by atoms with Crippen LogP contribution >= 0.6 is 0 Å². The fourth-order valence-corrected chi connectivity index (χ4v) is 3.21. The van der Waals surface area contributed by atoms with E-state index in [9.17, 15) is 9.90 Å². The van der Waals surface area contributed by atoms with Gasteiger partial charge >= 0.3 is 0 Å². The molecule has 0 aliphatic rings. The number of carbonyl (C=O) groups excluding carboxylic acids is 1. The van der Waals surface area contributed by atoms with E-state index in [1.54, 1.807) is 12.1 Å². The first-order valence-electron chi connectivity index (χ1n) is 8.68. The summed E-state index contributed by atoms with van der Waals surface area (Å²) in [5.41, 5.74) is 4.40. The van der Waals surface area contributed by atoms with Gasteiger partial charge in [-0.05, 0) is 40.6 Å². The van der Waals surface area contributed by atoms with Crippen LogP contribution < -0.4 is 5.43 Å². The van der Waals surface area contributed by atoms with Crippen LogP contribution in [0.15, 0.2) is 84.0 Å².